The van der Waals surface area contributed by atoms with E-state index in [9.17, 15) is 9.59 Å². The number of ether oxygens (including phenoxy) is 3. The number of carbonyl (C=O) groups excluding carboxylic acids is 2. The van der Waals surface area contributed by atoms with Crippen LogP contribution in [0.4, 0.5) is 5.69 Å². The van der Waals surface area contributed by atoms with E-state index in [0.717, 1.165) is 12.8 Å². The van der Waals surface area contributed by atoms with Crippen molar-refractivity contribution in [2.45, 2.75) is 19.3 Å². The topological polar surface area (TPSA) is 73.9 Å². The maximum Gasteiger partial charge on any atom is 0.309 e. The molecule has 23 heavy (non-hydrogen) atoms. The largest absolute Gasteiger partial charge is 0.497 e. The van der Waals surface area contributed by atoms with Gasteiger partial charge in [0.15, 0.2) is 6.61 Å². The number of nitrogens with one attached hydrogen (secondary N) is 1. The molecule has 0 aliphatic heterocycles. The molecule has 1 aliphatic carbocycles. The number of hydrogen-bond donors (Lipinski definition) is 1. The van der Waals surface area contributed by atoms with Gasteiger partial charge in [-0.15, -0.1) is 0 Å². The number of hydrogen-bond acceptors (Lipinski definition) is 5. The Morgan fingerprint density at radius 2 is 2.04 bits per heavy atom. The van der Waals surface area contributed by atoms with Crippen LogP contribution < -0.4 is 14.8 Å². The minimum absolute atomic E-state index is 0.154. The predicted molar refractivity (Wildman–Crippen MR) is 85.6 cm³/mol. The first kappa shape index (κ1) is 16.9. The fourth-order valence-corrected chi connectivity index (χ4v) is 2.36. The predicted octanol–water partition coefficient (Wildman–Crippen LogP) is 2.54. The highest BCUT2D eigenvalue weighted by Crippen LogP contribution is 2.28. The summed E-state index contributed by atoms with van der Waals surface area (Å²) in [4.78, 5) is 23.9. The minimum atomic E-state index is -0.420. The molecule has 0 saturated heterocycles. The van der Waals surface area contributed by atoms with Crippen molar-refractivity contribution in [3.63, 3.8) is 0 Å². The second-order valence-electron chi connectivity index (χ2n) is 5.20. The maximum atomic E-state index is 12.0. The van der Waals surface area contributed by atoms with Gasteiger partial charge in [0.05, 0.1) is 25.8 Å². The van der Waals surface area contributed by atoms with Crippen LogP contribution >= 0.6 is 0 Å². The standard InChI is InChI=1S/C17H21NO5/c1-21-13-8-9-15(22-2)14(10-13)18-16(19)11-23-17(20)12-6-4-3-5-7-12/h3-4,8-10,12H,5-7,11H2,1-2H3,(H,18,19)/t12-/m1/s1. The van der Waals surface area contributed by atoms with Gasteiger partial charge < -0.3 is 19.5 Å². The van der Waals surface area contributed by atoms with E-state index in [1.54, 1.807) is 18.2 Å². The fraction of sp³-hybridized carbons (Fsp3) is 0.412. The zero-order chi connectivity index (χ0) is 16.7. The Morgan fingerprint density at radius 1 is 1.22 bits per heavy atom. The third-order valence-corrected chi connectivity index (χ3v) is 3.63. The van der Waals surface area contributed by atoms with Crippen LogP contribution in [0.3, 0.4) is 0 Å². The third kappa shape index (κ3) is 4.74. The van der Waals surface area contributed by atoms with Crippen LogP contribution in [0.5, 0.6) is 11.5 Å². The summed E-state index contributed by atoms with van der Waals surface area (Å²) in [5.41, 5.74) is 0.466. The number of methoxy groups -OCH3 is 2. The number of benzene rings is 1. The summed E-state index contributed by atoms with van der Waals surface area (Å²) in [6.07, 6.45) is 6.32. The Bertz CT molecular complexity index is 597. The molecule has 124 valence electrons. The summed E-state index contributed by atoms with van der Waals surface area (Å²) in [5.74, 6) is 0.187. The SMILES string of the molecule is COc1ccc(OC)c(NC(=O)COC(=O)[C@@H]2CC=CCC2)c1. The molecule has 0 unspecified atom stereocenters. The molecule has 2 rings (SSSR count). The second kappa shape index (κ2) is 8.22. The van der Waals surface area contributed by atoms with E-state index >= 15 is 0 Å². The average molecular weight is 319 g/mol. The highest BCUT2D eigenvalue weighted by Gasteiger charge is 2.21. The van der Waals surface area contributed by atoms with Crippen LogP contribution in [-0.2, 0) is 14.3 Å². The normalized spacial score (nSPS) is 16.5. The van der Waals surface area contributed by atoms with Crippen LogP contribution in [0, 0.1) is 5.92 Å². The van der Waals surface area contributed by atoms with Crippen LogP contribution in [0.15, 0.2) is 30.4 Å². The lowest BCUT2D eigenvalue weighted by molar-refractivity contribution is -0.151. The first-order chi connectivity index (χ1) is 11.1. The first-order valence-corrected chi connectivity index (χ1v) is 7.47. The minimum Gasteiger partial charge on any atom is -0.497 e. The Morgan fingerprint density at radius 3 is 2.70 bits per heavy atom. The van der Waals surface area contributed by atoms with Gasteiger partial charge in [0, 0.05) is 6.07 Å². The van der Waals surface area contributed by atoms with E-state index in [4.69, 9.17) is 14.2 Å². The van der Waals surface area contributed by atoms with Gasteiger partial charge in [-0.3, -0.25) is 9.59 Å². The van der Waals surface area contributed by atoms with Crippen molar-refractivity contribution in [3.05, 3.63) is 30.4 Å². The van der Waals surface area contributed by atoms with Gasteiger partial charge in [-0.2, -0.15) is 0 Å². The van der Waals surface area contributed by atoms with Crippen molar-refractivity contribution in [2.24, 2.45) is 5.92 Å². The van der Waals surface area contributed by atoms with Gasteiger partial charge in [-0.05, 0) is 31.4 Å². The van der Waals surface area contributed by atoms with Crippen LogP contribution in [0.1, 0.15) is 19.3 Å². The molecule has 0 fully saturated rings. The Labute approximate surface area is 135 Å². The van der Waals surface area contributed by atoms with Crippen LogP contribution in [0.25, 0.3) is 0 Å². The average Bonchev–Trinajstić information content (AvgIpc) is 2.60. The monoisotopic (exact) mass is 319 g/mol. The Kier molecular flexibility index (Phi) is 6.02. The molecular weight excluding hydrogens is 298 g/mol. The Hall–Kier alpha value is -2.50. The van der Waals surface area contributed by atoms with E-state index in [2.05, 4.69) is 5.32 Å². The second-order valence-corrected chi connectivity index (χ2v) is 5.20. The summed E-state index contributed by atoms with van der Waals surface area (Å²) in [6, 6.07) is 5.06. The molecule has 6 heteroatoms. The quantitative estimate of drug-likeness (QED) is 0.644. The zero-order valence-electron chi connectivity index (χ0n) is 13.3. The van der Waals surface area contributed by atoms with Crippen molar-refractivity contribution in [1.82, 2.24) is 0 Å². The van der Waals surface area contributed by atoms with Crippen LogP contribution in [0.2, 0.25) is 0 Å². The zero-order valence-corrected chi connectivity index (χ0v) is 13.3. The number of amides is 1. The van der Waals surface area contributed by atoms with E-state index in [-0.39, 0.29) is 18.5 Å². The highest BCUT2D eigenvalue weighted by atomic mass is 16.5. The lowest BCUT2D eigenvalue weighted by Crippen LogP contribution is -2.25. The third-order valence-electron chi connectivity index (χ3n) is 3.63. The molecule has 0 spiro atoms. The van der Waals surface area contributed by atoms with Crippen LogP contribution in [-0.4, -0.2) is 32.7 Å². The molecule has 6 nitrogen and oxygen atoms in total. The first-order valence-electron chi connectivity index (χ1n) is 7.47. The number of anilines is 1. The van der Waals surface area contributed by atoms with Crippen molar-refractivity contribution < 1.29 is 23.8 Å². The van der Waals surface area contributed by atoms with Crippen molar-refractivity contribution >= 4 is 17.6 Å². The van der Waals surface area contributed by atoms with Gasteiger partial charge in [-0.25, -0.2) is 0 Å². The molecule has 1 atom stereocenters. The number of esters is 1. The van der Waals surface area contributed by atoms with Gasteiger partial charge >= 0.3 is 5.97 Å². The molecular formula is C17H21NO5. The van der Waals surface area contributed by atoms with Gasteiger partial charge in [0.2, 0.25) is 0 Å². The maximum absolute atomic E-state index is 12.0. The number of allylic oxidation sites excluding steroid dienone is 2. The number of carbonyl (C=O) groups is 2. The summed E-state index contributed by atoms with van der Waals surface area (Å²) >= 11 is 0. The molecule has 0 saturated carbocycles. The van der Waals surface area contributed by atoms with E-state index in [1.165, 1.54) is 14.2 Å². The molecule has 0 radical (unpaired) electrons. The van der Waals surface area contributed by atoms with Crippen molar-refractivity contribution in [1.29, 1.82) is 0 Å². The lowest BCUT2D eigenvalue weighted by Gasteiger charge is -2.16. The van der Waals surface area contributed by atoms with E-state index < -0.39 is 5.91 Å². The molecule has 1 aromatic rings. The number of rotatable bonds is 6. The molecule has 1 aliphatic rings. The molecule has 0 bridgehead atoms. The molecule has 0 aromatic heterocycles. The fourth-order valence-electron chi connectivity index (χ4n) is 2.36. The summed E-state index contributed by atoms with van der Waals surface area (Å²) in [7, 11) is 3.04. The van der Waals surface area contributed by atoms with E-state index in [1.807, 2.05) is 12.2 Å². The smallest absolute Gasteiger partial charge is 0.309 e. The van der Waals surface area contributed by atoms with Gasteiger partial charge in [0.25, 0.3) is 5.91 Å². The molecule has 1 amide bonds. The van der Waals surface area contributed by atoms with Gasteiger partial charge in [0.1, 0.15) is 11.5 Å². The Balaban J connectivity index is 1.89. The van der Waals surface area contributed by atoms with E-state index in [0.29, 0.717) is 23.6 Å². The van der Waals surface area contributed by atoms with Gasteiger partial charge in [-0.1, -0.05) is 12.2 Å². The highest BCUT2D eigenvalue weighted by molar-refractivity contribution is 5.94. The molecule has 1 N–H and O–H groups in total. The lowest BCUT2D eigenvalue weighted by atomic mass is 9.95. The van der Waals surface area contributed by atoms with Crippen molar-refractivity contribution in [3.8, 4) is 11.5 Å². The summed E-state index contributed by atoms with van der Waals surface area (Å²) in [5, 5.41) is 2.66. The molecule has 1 aromatic carbocycles. The van der Waals surface area contributed by atoms with Crippen molar-refractivity contribution in [2.75, 3.05) is 26.1 Å². The molecule has 0 heterocycles. The summed E-state index contributed by atoms with van der Waals surface area (Å²) < 4.78 is 15.4. The summed E-state index contributed by atoms with van der Waals surface area (Å²) in [6.45, 7) is -0.320.